The summed E-state index contributed by atoms with van der Waals surface area (Å²) < 4.78 is 0. The number of rotatable bonds is 4. The SMILES string of the molecule is OC(Cc1ccccc1)Cc1ccccn1. The molecular formula is C14H15NO. The van der Waals surface area contributed by atoms with Gasteiger partial charge < -0.3 is 5.11 Å². The Labute approximate surface area is 95.6 Å². The van der Waals surface area contributed by atoms with E-state index in [1.54, 1.807) is 6.20 Å². The molecule has 0 aliphatic rings. The number of benzene rings is 1. The van der Waals surface area contributed by atoms with Gasteiger partial charge in [-0.3, -0.25) is 4.98 Å². The first-order valence-corrected chi connectivity index (χ1v) is 5.46. The summed E-state index contributed by atoms with van der Waals surface area (Å²) in [5.41, 5.74) is 2.09. The van der Waals surface area contributed by atoms with Crippen molar-refractivity contribution in [2.75, 3.05) is 0 Å². The lowest BCUT2D eigenvalue weighted by atomic mass is 10.0. The molecule has 82 valence electrons. The minimum Gasteiger partial charge on any atom is -0.392 e. The van der Waals surface area contributed by atoms with Gasteiger partial charge in [0.25, 0.3) is 0 Å². The first kappa shape index (κ1) is 10.8. The lowest BCUT2D eigenvalue weighted by Crippen LogP contribution is -2.14. The summed E-state index contributed by atoms with van der Waals surface area (Å²) in [5.74, 6) is 0. The van der Waals surface area contributed by atoms with Gasteiger partial charge in [0.2, 0.25) is 0 Å². The standard InChI is InChI=1S/C14H15NO/c16-14(10-12-6-2-1-3-7-12)11-13-8-4-5-9-15-13/h1-9,14,16H,10-11H2. The van der Waals surface area contributed by atoms with Crippen molar-refractivity contribution < 1.29 is 5.11 Å². The predicted molar refractivity (Wildman–Crippen MR) is 64.1 cm³/mol. The molecular weight excluding hydrogens is 198 g/mol. The average Bonchev–Trinajstić information content (AvgIpc) is 2.31. The molecule has 0 bridgehead atoms. The van der Waals surface area contributed by atoms with Crippen LogP contribution in [0.5, 0.6) is 0 Å². The molecule has 0 fully saturated rings. The molecule has 0 saturated heterocycles. The van der Waals surface area contributed by atoms with Gasteiger partial charge in [-0.25, -0.2) is 0 Å². The summed E-state index contributed by atoms with van der Waals surface area (Å²) >= 11 is 0. The number of pyridine rings is 1. The number of hydrogen-bond acceptors (Lipinski definition) is 2. The molecule has 1 heterocycles. The van der Waals surface area contributed by atoms with E-state index in [1.165, 1.54) is 0 Å². The largest absolute Gasteiger partial charge is 0.392 e. The van der Waals surface area contributed by atoms with Crippen LogP contribution >= 0.6 is 0 Å². The topological polar surface area (TPSA) is 33.1 Å². The Balaban J connectivity index is 1.92. The fourth-order valence-corrected chi connectivity index (χ4v) is 1.72. The molecule has 1 atom stereocenters. The summed E-state index contributed by atoms with van der Waals surface area (Å²) in [5, 5.41) is 9.92. The van der Waals surface area contributed by atoms with Crippen LogP contribution in [-0.4, -0.2) is 16.2 Å². The summed E-state index contributed by atoms with van der Waals surface area (Å²) in [4.78, 5) is 4.20. The third-order valence-corrected chi connectivity index (χ3v) is 2.49. The zero-order valence-corrected chi connectivity index (χ0v) is 9.08. The van der Waals surface area contributed by atoms with Crippen molar-refractivity contribution >= 4 is 0 Å². The molecule has 2 heteroatoms. The molecule has 1 N–H and O–H groups in total. The summed E-state index contributed by atoms with van der Waals surface area (Å²) in [6.45, 7) is 0. The Hall–Kier alpha value is -1.67. The van der Waals surface area contributed by atoms with Crippen molar-refractivity contribution in [1.82, 2.24) is 4.98 Å². The Morgan fingerprint density at radius 1 is 0.938 bits per heavy atom. The van der Waals surface area contributed by atoms with Crippen molar-refractivity contribution in [3.63, 3.8) is 0 Å². The molecule has 2 nitrogen and oxygen atoms in total. The smallest absolute Gasteiger partial charge is 0.0635 e. The Morgan fingerprint density at radius 3 is 2.38 bits per heavy atom. The lowest BCUT2D eigenvalue weighted by molar-refractivity contribution is 0.174. The van der Waals surface area contributed by atoms with E-state index < -0.39 is 0 Å². The maximum atomic E-state index is 9.92. The second-order valence-electron chi connectivity index (χ2n) is 3.87. The van der Waals surface area contributed by atoms with E-state index >= 15 is 0 Å². The quantitative estimate of drug-likeness (QED) is 0.844. The zero-order valence-electron chi connectivity index (χ0n) is 9.08. The van der Waals surface area contributed by atoms with E-state index in [1.807, 2.05) is 48.5 Å². The van der Waals surface area contributed by atoms with Gasteiger partial charge in [-0.15, -0.1) is 0 Å². The van der Waals surface area contributed by atoms with E-state index in [0.29, 0.717) is 12.8 Å². The molecule has 2 rings (SSSR count). The van der Waals surface area contributed by atoms with Gasteiger partial charge in [0.1, 0.15) is 0 Å². The van der Waals surface area contributed by atoms with E-state index in [0.717, 1.165) is 11.3 Å². The van der Waals surface area contributed by atoms with Gasteiger partial charge in [0.15, 0.2) is 0 Å². The van der Waals surface area contributed by atoms with Gasteiger partial charge in [-0.1, -0.05) is 36.4 Å². The molecule has 0 aliphatic heterocycles. The fourth-order valence-electron chi connectivity index (χ4n) is 1.72. The van der Waals surface area contributed by atoms with Crippen LogP contribution in [-0.2, 0) is 12.8 Å². The van der Waals surface area contributed by atoms with E-state index in [2.05, 4.69) is 4.98 Å². The molecule has 0 aliphatic carbocycles. The number of hydrogen-bond donors (Lipinski definition) is 1. The highest BCUT2D eigenvalue weighted by Crippen LogP contribution is 2.07. The number of aliphatic hydroxyl groups is 1. The van der Waals surface area contributed by atoms with Crippen molar-refractivity contribution in [2.45, 2.75) is 18.9 Å². The second-order valence-corrected chi connectivity index (χ2v) is 3.87. The van der Waals surface area contributed by atoms with Crippen LogP contribution in [0.15, 0.2) is 54.7 Å². The van der Waals surface area contributed by atoms with Gasteiger partial charge in [0, 0.05) is 18.3 Å². The van der Waals surface area contributed by atoms with Gasteiger partial charge >= 0.3 is 0 Å². The van der Waals surface area contributed by atoms with E-state index in [9.17, 15) is 5.11 Å². The number of nitrogens with zero attached hydrogens (tertiary/aromatic N) is 1. The molecule has 0 amide bonds. The average molecular weight is 213 g/mol. The normalized spacial score (nSPS) is 12.3. The minimum absolute atomic E-state index is 0.364. The first-order valence-electron chi connectivity index (χ1n) is 5.46. The predicted octanol–water partition coefficient (Wildman–Crippen LogP) is 2.23. The van der Waals surface area contributed by atoms with E-state index in [-0.39, 0.29) is 6.10 Å². The van der Waals surface area contributed by atoms with Crippen LogP contribution in [0.4, 0.5) is 0 Å². The molecule has 16 heavy (non-hydrogen) atoms. The number of aliphatic hydroxyl groups excluding tert-OH is 1. The highest BCUT2D eigenvalue weighted by molar-refractivity contribution is 5.16. The minimum atomic E-state index is -0.364. The fraction of sp³-hybridized carbons (Fsp3) is 0.214. The highest BCUT2D eigenvalue weighted by atomic mass is 16.3. The third kappa shape index (κ3) is 3.17. The second kappa shape index (κ2) is 5.42. The monoisotopic (exact) mass is 213 g/mol. The zero-order chi connectivity index (χ0) is 11.2. The van der Waals surface area contributed by atoms with Crippen molar-refractivity contribution in [2.24, 2.45) is 0 Å². The van der Waals surface area contributed by atoms with Crippen LogP contribution in [0.1, 0.15) is 11.3 Å². The third-order valence-electron chi connectivity index (χ3n) is 2.49. The molecule has 0 radical (unpaired) electrons. The highest BCUT2D eigenvalue weighted by Gasteiger charge is 2.06. The van der Waals surface area contributed by atoms with Crippen molar-refractivity contribution in [3.8, 4) is 0 Å². The Morgan fingerprint density at radius 2 is 1.69 bits per heavy atom. The maximum absolute atomic E-state index is 9.92. The van der Waals surface area contributed by atoms with Crippen molar-refractivity contribution in [1.29, 1.82) is 0 Å². The van der Waals surface area contributed by atoms with Gasteiger partial charge in [0.05, 0.1) is 6.10 Å². The number of aromatic nitrogens is 1. The van der Waals surface area contributed by atoms with Crippen LogP contribution < -0.4 is 0 Å². The van der Waals surface area contributed by atoms with Crippen molar-refractivity contribution in [3.05, 3.63) is 66.0 Å². The molecule has 0 saturated carbocycles. The summed E-state index contributed by atoms with van der Waals surface area (Å²) in [7, 11) is 0. The summed E-state index contributed by atoms with van der Waals surface area (Å²) in [6, 6.07) is 15.8. The molecule has 2 aromatic rings. The van der Waals surface area contributed by atoms with Gasteiger partial charge in [-0.05, 0) is 24.1 Å². The Bertz CT molecular complexity index is 372. The van der Waals surface area contributed by atoms with Crippen LogP contribution in [0.25, 0.3) is 0 Å². The van der Waals surface area contributed by atoms with Crippen LogP contribution in [0.3, 0.4) is 0 Å². The maximum Gasteiger partial charge on any atom is 0.0635 e. The Kier molecular flexibility index (Phi) is 3.67. The molecule has 0 spiro atoms. The lowest BCUT2D eigenvalue weighted by Gasteiger charge is -2.09. The molecule has 1 aromatic heterocycles. The van der Waals surface area contributed by atoms with Crippen LogP contribution in [0.2, 0.25) is 0 Å². The summed E-state index contributed by atoms with van der Waals surface area (Å²) in [6.07, 6.45) is 2.68. The van der Waals surface area contributed by atoms with Gasteiger partial charge in [-0.2, -0.15) is 0 Å². The van der Waals surface area contributed by atoms with E-state index in [4.69, 9.17) is 0 Å². The molecule has 1 unspecified atom stereocenters. The molecule has 1 aromatic carbocycles. The van der Waals surface area contributed by atoms with Crippen LogP contribution in [0, 0.1) is 0 Å². The first-order chi connectivity index (χ1) is 7.84.